The first kappa shape index (κ1) is 20.9. The van der Waals surface area contributed by atoms with Gasteiger partial charge in [-0.15, -0.1) is 10.2 Å². The molecule has 0 saturated carbocycles. The first-order valence-corrected chi connectivity index (χ1v) is 10.1. The summed E-state index contributed by atoms with van der Waals surface area (Å²) in [5.74, 6) is 0.275. The van der Waals surface area contributed by atoms with Crippen LogP contribution in [0.2, 0.25) is 0 Å². The number of hydrogen-bond acceptors (Lipinski definition) is 6. The SMILES string of the molecule is CCc1ccc(NC(=O)C(C)Sc2nnc(C(C)Oc3ccc(F)cc3)o2)cc1. The van der Waals surface area contributed by atoms with E-state index in [4.69, 9.17) is 9.15 Å². The molecule has 0 aliphatic rings. The van der Waals surface area contributed by atoms with Crippen LogP contribution in [0.4, 0.5) is 10.1 Å². The number of hydrogen-bond donors (Lipinski definition) is 1. The minimum absolute atomic E-state index is 0.158. The zero-order chi connectivity index (χ0) is 20.8. The maximum Gasteiger partial charge on any atom is 0.277 e. The second kappa shape index (κ2) is 9.56. The lowest BCUT2D eigenvalue weighted by atomic mass is 10.1. The maximum absolute atomic E-state index is 13.0. The van der Waals surface area contributed by atoms with E-state index in [-0.39, 0.29) is 22.8 Å². The topological polar surface area (TPSA) is 77.2 Å². The number of aromatic nitrogens is 2. The van der Waals surface area contributed by atoms with Gasteiger partial charge in [-0.25, -0.2) is 4.39 Å². The van der Waals surface area contributed by atoms with Gasteiger partial charge in [0.15, 0.2) is 6.10 Å². The van der Waals surface area contributed by atoms with Crippen molar-refractivity contribution in [1.29, 1.82) is 0 Å². The number of anilines is 1. The maximum atomic E-state index is 13.0. The van der Waals surface area contributed by atoms with Gasteiger partial charge < -0.3 is 14.5 Å². The molecule has 8 heteroatoms. The average molecular weight is 415 g/mol. The fourth-order valence-electron chi connectivity index (χ4n) is 2.47. The Morgan fingerprint density at radius 1 is 1.14 bits per heavy atom. The van der Waals surface area contributed by atoms with Crippen LogP contribution in [0.3, 0.4) is 0 Å². The molecule has 1 aromatic heterocycles. The highest BCUT2D eigenvalue weighted by atomic mass is 32.2. The van der Waals surface area contributed by atoms with Crippen molar-refractivity contribution in [2.75, 3.05) is 5.32 Å². The van der Waals surface area contributed by atoms with Crippen molar-refractivity contribution in [3.8, 4) is 5.75 Å². The number of rotatable bonds is 8. The van der Waals surface area contributed by atoms with Crippen LogP contribution in [0, 0.1) is 5.82 Å². The van der Waals surface area contributed by atoms with Gasteiger partial charge >= 0.3 is 0 Å². The zero-order valence-corrected chi connectivity index (χ0v) is 17.2. The summed E-state index contributed by atoms with van der Waals surface area (Å²) in [6.07, 6.45) is 0.437. The lowest BCUT2D eigenvalue weighted by Gasteiger charge is -2.11. The molecule has 2 aromatic carbocycles. The van der Waals surface area contributed by atoms with E-state index in [1.807, 2.05) is 24.3 Å². The van der Waals surface area contributed by atoms with Crippen LogP contribution in [0.1, 0.15) is 38.3 Å². The third-order valence-electron chi connectivity index (χ3n) is 4.17. The molecule has 3 rings (SSSR count). The summed E-state index contributed by atoms with van der Waals surface area (Å²) in [6, 6.07) is 13.4. The van der Waals surface area contributed by atoms with E-state index >= 15 is 0 Å². The van der Waals surface area contributed by atoms with E-state index in [0.717, 1.165) is 12.1 Å². The number of amides is 1. The molecule has 0 fully saturated rings. The summed E-state index contributed by atoms with van der Waals surface area (Å²) >= 11 is 1.17. The number of carbonyl (C=O) groups is 1. The monoisotopic (exact) mass is 415 g/mol. The summed E-state index contributed by atoms with van der Waals surface area (Å²) in [6.45, 7) is 5.60. The van der Waals surface area contributed by atoms with Crippen LogP contribution in [0.15, 0.2) is 58.2 Å². The first-order chi connectivity index (χ1) is 13.9. The van der Waals surface area contributed by atoms with Gasteiger partial charge in [-0.2, -0.15) is 0 Å². The highest BCUT2D eigenvalue weighted by Gasteiger charge is 2.21. The first-order valence-electron chi connectivity index (χ1n) is 9.26. The van der Waals surface area contributed by atoms with Gasteiger partial charge in [0.05, 0.1) is 5.25 Å². The Morgan fingerprint density at radius 2 is 1.83 bits per heavy atom. The van der Waals surface area contributed by atoms with Crippen LogP contribution in [0.25, 0.3) is 0 Å². The fourth-order valence-corrected chi connectivity index (χ4v) is 3.16. The Balaban J connectivity index is 1.55. The van der Waals surface area contributed by atoms with Crippen LogP contribution in [-0.4, -0.2) is 21.4 Å². The summed E-state index contributed by atoms with van der Waals surface area (Å²) < 4.78 is 24.2. The molecule has 29 heavy (non-hydrogen) atoms. The predicted octanol–water partition coefficient (Wildman–Crippen LogP) is 5.03. The molecule has 0 spiro atoms. The second-order valence-corrected chi connectivity index (χ2v) is 7.71. The molecule has 0 aliphatic heterocycles. The van der Waals surface area contributed by atoms with Crippen molar-refractivity contribution in [3.63, 3.8) is 0 Å². The fraction of sp³-hybridized carbons (Fsp3) is 0.286. The standard InChI is InChI=1S/C21H22FN3O3S/c1-4-15-5-9-17(10-6-15)23-19(26)14(3)29-21-25-24-20(28-21)13(2)27-18-11-7-16(22)8-12-18/h5-14H,4H2,1-3H3,(H,23,26). The molecule has 2 unspecified atom stereocenters. The van der Waals surface area contributed by atoms with Crippen molar-refractivity contribution in [2.24, 2.45) is 0 Å². The largest absolute Gasteiger partial charge is 0.481 e. The normalized spacial score (nSPS) is 13.0. The van der Waals surface area contributed by atoms with E-state index in [9.17, 15) is 9.18 Å². The molecule has 1 heterocycles. The van der Waals surface area contributed by atoms with Crippen LogP contribution in [0.5, 0.6) is 5.75 Å². The van der Waals surface area contributed by atoms with Gasteiger partial charge in [-0.3, -0.25) is 4.79 Å². The molecule has 2 atom stereocenters. The van der Waals surface area contributed by atoms with Crippen molar-refractivity contribution in [2.45, 2.75) is 43.8 Å². The third-order valence-corrected chi connectivity index (χ3v) is 5.11. The Morgan fingerprint density at radius 3 is 2.48 bits per heavy atom. The van der Waals surface area contributed by atoms with Gasteiger partial charge in [0.1, 0.15) is 11.6 Å². The van der Waals surface area contributed by atoms with Gasteiger partial charge in [-0.1, -0.05) is 30.8 Å². The molecule has 0 radical (unpaired) electrons. The van der Waals surface area contributed by atoms with E-state index < -0.39 is 11.4 Å². The Kier molecular flexibility index (Phi) is 6.87. The van der Waals surface area contributed by atoms with Gasteiger partial charge in [-0.05, 0) is 62.2 Å². The summed E-state index contributed by atoms with van der Waals surface area (Å²) in [5, 5.41) is 10.7. The molecule has 0 saturated heterocycles. The summed E-state index contributed by atoms with van der Waals surface area (Å²) in [5.41, 5.74) is 1.95. The number of thioether (sulfide) groups is 1. The highest BCUT2D eigenvalue weighted by molar-refractivity contribution is 8.00. The predicted molar refractivity (Wildman–Crippen MR) is 110 cm³/mol. The van der Waals surface area contributed by atoms with Gasteiger partial charge in [0, 0.05) is 5.69 Å². The van der Waals surface area contributed by atoms with E-state index in [1.54, 1.807) is 13.8 Å². The van der Waals surface area contributed by atoms with Crippen molar-refractivity contribution in [1.82, 2.24) is 10.2 Å². The van der Waals surface area contributed by atoms with Crippen LogP contribution < -0.4 is 10.1 Å². The molecular weight excluding hydrogens is 393 g/mol. The van der Waals surface area contributed by atoms with Crippen molar-refractivity contribution >= 4 is 23.4 Å². The average Bonchev–Trinajstić information content (AvgIpc) is 3.19. The Bertz CT molecular complexity index is 945. The number of nitrogens with one attached hydrogen (secondary N) is 1. The Labute approximate surface area is 172 Å². The number of benzene rings is 2. The molecular formula is C21H22FN3O3S. The van der Waals surface area contributed by atoms with Crippen LogP contribution >= 0.6 is 11.8 Å². The zero-order valence-electron chi connectivity index (χ0n) is 16.4. The lowest BCUT2D eigenvalue weighted by molar-refractivity contribution is -0.115. The minimum Gasteiger partial charge on any atom is -0.481 e. The lowest BCUT2D eigenvalue weighted by Crippen LogP contribution is -2.22. The minimum atomic E-state index is -0.511. The third kappa shape index (κ3) is 5.80. The molecule has 3 aromatic rings. The Hall–Kier alpha value is -2.87. The molecule has 1 amide bonds. The summed E-state index contributed by atoms with van der Waals surface area (Å²) in [7, 11) is 0. The number of nitrogens with zero attached hydrogens (tertiary/aromatic N) is 2. The molecule has 6 nitrogen and oxygen atoms in total. The second-order valence-electron chi connectivity index (χ2n) is 6.42. The van der Waals surface area contributed by atoms with Gasteiger partial charge in [0.25, 0.3) is 11.1 Å². The quantitative estimate of drug-likeness (QED) is 0.520. The van der Waals surface area contributed by atoms with E-state index in [1.165, 1.54) is 41.6 Å². The number of ether oxygens (including phenoxy) is 1. The van der Waals surface area contributed by atoms with Crippen molar-refractivity contribution in [3.05, 3.63) is 65.8 Å². The number of carbonyl (C=O) groups excluding carboxylic acids is 1. The van der Waals surface area contributed by atoms with Crippen LogP contribution in [-0.2, 0) is 11.2 Å². The number of aryl methyl sites for hydroxylation is 1. The van der Waals surface area contributed by atoms with E-state index in [0.29, 0.717) is 5.75 Å². The molecule has 0 bridgehead atoms. The van der Waals surface area contributed by atoms with Gasteiger partial charge in [0.2, 0.25) is 5.91 Å². The summed E-state index contributed by atoms with van der Waals surface area (Å²) in [4.78, 5) is 12.4. The molecule has 0 aliphatic carbocycles. The number of halogens is 1. The van der Waals surface area contributed by atoms with Crippen molar-refractivity contribution < 1.29 is 18.3 Å². The highest BCUT2D eigenvalue weighted by Crippen LogP contribution is 2.27. The smallest absolute Gasteiger partial charge is 0.277 e. The molecule has 152 valence electrons. The molecule has 1 N–H and O–H groups in total. The van der Waals surface area contributed by atoms with E-state index in [2.05, 4.69) is 22.4 Å².